The zero-order chi connectivity index (χ0) is 23.4. The number of piperidine rings is 1. The number of halogens is 2. The molecule has 3 aromatic rings. The van der Waals surface area contributed by atoms with Crippen molar-refractivity contribution in [2.45, 2.75) is 24.2 Å². The predicted molar refractivity (Wildman–Crippen MR) is 124 cm³/mol. The van der Waals surface area contributed by atoms with Gasteiger partial charge in [-0.1, -0.05) is 0 Å². The minimum atomic E-state index is -3.63. The normalized spacial score (nSPS) is 14.2. The summed E-state index contributed by atoms with van der Waals surface area (Å²) in [6.07, 6.45) is 4.63. The van der Waals surface area contributed by atoms with Crippen LogP contribution in [0.15, 0.2) is 53.6 Å². The molecule has 0 radical (unpaired) electrons. The third kappa shape index (κ3) is 5.37. The Kier molecular flexibility index (Phi) is 6.70. The molecule has 33 heavy (non-hydrogen) atoms. The summed E-state index contributed by atoms with van der Waals surface area (Å²) in [5.74, 6) is -1.26. The minimum absolute atomic E-state index is 0.215. The van der Waals surface area contributed by atoms with Gasteiger partial charge in [0.25, 0.3) is 0 Å². The van der Waals surface area contributed by atoms with Crippen LogP contribution in [0.1, 0.15) is 19.3 Å². The van der Waals surface area contributed by atoms with E-state index < -0.39 is 21.7 Å². The second kappa shape index (κ2) is 9.67. The van der Waals surface area contributed by atoms with E-state index in [-0.39, 0.29) is 10.8 Å². The highest BCUT2D eigenvalue weighted by atomic mass is 32.2. The number of anilines is 5. The Labute approximate surface area is 191 Å². The molecule has 0 amide bonds. The van der Waals surface area contributed by atoms with Crippen molar-refractivity contribution in [1.82, 2.24) is 14.7 Å². The lowest BCUT2D eigenvalue weighted by molar-refractivity contribution is 0.509. The maximum Gasteiger partial charge on any atom is 0.242 e. The van der Waals surface area contributed by atoms with Gasteiger partial charge < -0.3 is 15.5 Å². The van der Waals surface area contributed by atoms with Crippen LogP contribution in [-0.2, 0) is 10.0 Å². The van der Waals surface area contributed by atoms with Gasteiger partial charge in [-0.3, -0.25) is 0 Å². The second-order valence-electron chi connectivity index (χ2n) is 7.58. The molecule has 2 heterocycles. The van der Waals surface area contributed by atoms with Gasteiger partial charge in [0, 0.05) is 36.7 Å². The van der Waals surface area contributed by atoms with E-state index in [2.05, 4.69) is 30.2 Å². The van der Waals surface area contributed by atoms with Gasteiger partial charge >= 0.3 is 0 Å². The smallest absolute Gasteiger partial charge is 0.242 e. The third-order valence-corrected chi connectivity index (χ3v) is 6.78. The van der Waals surface area contributed by atoms with Crippen LogP contribution in [0, 0.1) is 11.6 Å². The average molecular weight is 475 g/mol. The molecular weight excluding hydrogens is 450 g/mol. The fraction of sp³-hybridized carbons (Fsp3) is 0.273. The molecule has 1 fully saturated rings. The van der Waals surface area contributed by atoms with Gasteiger partial charge in [0.1, 0.15) is 10.7 Å². The van der Waals surface area contributed by atoms with Crippen LogP contribution >= 0.6 is 0 Å². The Bertz CT molecular complexity index is 1250. The summed E-state index contributed by atoms with van der Waals surface area (Å²) in [5, 5.41) is 5.99. The SMILES string of the molecule is CNS(=O)(=O)c1ccc(Nc2nccc(Nc3ccc(F)c(F)c3)n2)cc1N1CCCCC1. The highest BCUT2D eigenvalue weighted by Crippen LogP contribution is 2.31. The van der Waals surface area contributed by atoms with E-state index in [1.807, 2.05) is 0 Å². The third-order valence-electron chi connectivity index (χ3n) is 5.32. The van der Waals surface area contributed by atoms with Gasteiger partial charge in [0.2, 0.25) is 16.0 Å². The zero-order valence-corrected chi connectivity index (χ0v) is 18.8. The van der Waals surface area contributed by atoms with Crippen LogP contribution in [0.25, 0.3) is 0 Å². The van der Waals surface area contributed by atoms with Crippen LogP contribution in [0.5, 0.6) is 0 Å². The molecule has 0 unspecified atom stereocenters. The average Bonchev–Trinajstić information content (AvgIpc) is 2.82. The van der Waals surface area contributed by atoms with Gasteiger partial charge in [-0.25, -0.2) is 26.9 Å². The summed E-state index contributed by atoms with van der Waals surface area (Å²) in [4.78, 5) is 10.8. The highest BCUT2D eigenvalue weighted by Gasteiger charge is 2.22. The summed E-state index contributed by atoms with van der Waals surface area (Å²) in [6.45, 7) is 1.56. The van der Waals surface area contributed by atoms with Gasteiger partial charge in [-0.05, 0) is 62.7 Å². The molecule has 1 aromatic heterocycles. The van der Waals surface area contributed by atoms with E-state index in [1.54, 1.807) is 24.3 Å². The summed E-state index contributed by atoms with van der Waals surface area (Å²) < 4.78 is 54.1. The van der Waals surface area contributed by atoms with Crippen molar-refractivity contribution in [2.75, 3.05) is 35.7 Å². The first-order valence-electron chi connectivity index (χ1n) is 10.5. The molecule has 3 N–H and O–H groups in total. The molecule has 11 heteroatoms. The predicted octanol–water partition coefficient (Wildman–Crippen LogP) is 4.14. The van der Waals surface area contributed by atoms with Crippen molar-refractivity contribution in [2.24, 2.45) is 0 Å². The first kappa shape index (κ1) is 22.9. The highest BCUT2D eigenvalue weighted by molar-refractivity contribution is 7.89. The van der Waals surface area contributed by atoms with Crippen LogP contribution in [0.3, 0.4) is 0 Å². The molecule has 1 aliphatic rings. The van der Waals surface area contributed by atoms with Gasteiger partial charge in [0.15, 0.2) is 11.6 Å². The summed E-state index contributed by atoms with van der Waals surface area (Å²) >= 11 is 0. The number of benzene rings is 2. The topological polar surface area (TPSA) is 99.2 Å². The van der Waals surface area contributed by atoms with Crippen LogP contribution in [-0.4, -0.2) is 38.5 Å². The van der Waals surface area contributed by atoms with Crippen molar-refractivity contribution < 1.29 is 17.2 Å². The fourth-order valence-corrected chi connectivity index (χ4v) is 4.58. The molecule has 1 aliphatic heterocycles. The molecule has 2 aromatic carbocycles. The van der Waals surface area contributed by atoms with E-state index in [0.717, 1.165) is 44.5 Å². The van der Waals surface area contributed by atoms with E-state index in [9.17, 15) is 17.2 Å². The number of nitrogens with zero attached hydrogens (tertiary/aromatic N) is 3. The Hall–Kier alpha value is -3.31. The van der Waals surface area contributed by atoms with E-state index in [4.69, 9.17) is 0 Å². The van der Waals surface area contributed by atoms with Crippen LogP contribution in [0.4, 0.5) is 37.6 Å². The molecular formula is C22H24F2N6O2S. The summed E-state index contributed by atoms with van der Waals surface area (Å²) in [6, 6.07) is 10.0. The molecule has 1 saturated heterocycles. The monoisotopic (exact) mass is 474 g/mol. The molecule has 0 saturated carbocycles. The van der Waals surface area contributed by atoms with Crippen LogP contribution < -0.4 is 20.3 Å². The molecule has 4 rings (SSSR count). The quantitative estimate of drug-likeness (QED) is 0.473. The van der Waals surface area contributed by atoms with E-state index in [1.165, 1.54) is 19.3 Å². The summed E-state index contributed by atoms with van der Waals surface area (Å²) in [7, 11) is -2.24. The number of sulfonamides is 1. The van der Waals surface area contributed by atoms with Crippen molar-refractivity contribution >= 4 is 38.9 Å². The maximum absolute atomic E-state index is 13.5. The molecule has 0 spiro atoms. The standard InChI is InChI=1S/C22H24F2N6O2S/c1-25-33(31,32)20-8-6-16(14-19(20)30-11-3-2-4-12-30)28-22-26-10-9-21(29-22)27-15-5-7-17(23)18(24)13-15/h5-10,13-14,25H,2-4,11-12H2,1H3,(H2,26,27,28,29). The Morgan fingerprint density at radius 3 is 2.36 bits per heavy atom. The largest absolute Gasteiger partial charge is 0.370 e. The van der Waals surface area contributed by atoms with Gasteiger partial charge in [-0.15, -0.1) is 0 Å². The Morgan fingerprint density at radius 1 is 0.909 bits per heavy atom. The number of aromatic nitrogens is 2. The number of hydrogen-bond donors (Lipinski definition) is 3. The minimum Gasteiger partial charge on any atom is -0.370 e. The number of hydrogen-bond acceptors (Lipinski definition) is 7. The van der Waals surface area contributed by atoms with Gasteiger partial charge in [0.05, 0.1) is 5.69 Å². The fourth-order valence-electron chi connectivity index (χ4n) is 3.65. The van der Waals surface area contributed by atoms with Crippen molar-refractivity contribution in [3.05, 3.63) is 60.3 Å². The summed E-state index contributed by atoms with van der Waals surface area (Å²) in [5.41, 5.74) is 1.58. The van der Waals surface area contributed by atoms with Crippen molar-refractivity contribution in [3.8, 4) is 0 Å². The van der Waals surface area contributed by atoms with E-state index >= 15 is 0 Å². The van der Waals surface area contributed by atoms with Gasteiger partial charge in [-0.2, -0.15) is 4.98 Å². The molecule has 8 nitrogen and oxygen atoms in total. The van der Waals surface area contributed by atoms with Crippen molar-refractivity contribution in [3.63, 3.8) is 0 Å². The maximum atomic E-state index is 13.5. The lowest BCUT2D eigenvalue weighted by atomic mass is 10.1. The van der Waals surface area contributed by atoms with E-state index in [0.29, 0.717) is 22.9 Å². The molecule has 0 aliphatic carbocycles. The molecule has 0 bridgehead atoms. The number of nitrogens with one attached hydrogen (secondary N) is 3. The Balaban J connectivity index is 1.59. The molecule has 0 atom stereocenters. The molecule has 174 valence electrons. The second-order valence-corrected chi connectivity index (χ2v) is 9.44. The zero-order valence-electron chi connectivity index (χ0n) is 18.0. The van der Waals surface area contributed by atoms with Crippen LogP contribution in [0.2, 0.25) is 0 Å². The van der Waals surface area contributed by atoms with Crippen molar-refractivity contribution in [1.29, 1.82) is 0 Å². The first-order valence-corrected chi connectivity index (χ1v) is 12.0. The lowest BCUT2D eigenvalue weighted by Crippen LogP contribution is -2.32. The lowest BCUT2D eigenvalue weighted by Gasteiger charge is -2.30. The number of rotatable bonds is 7. The first-order chi connectivity index (χ1) is 15.9. The Morgan fingerprint density at radius 2 is 1.64 bits per heavy atom.